The van der Waals surface area contributed by atoms with Gasteiger partial charge >= 0.3 is 0 Å². The smallest absolute Gasteiger partial charge is 0.267 e. The van der Waals surface area contributed by atoms with Crippen LogP contribution in [0.2, 0.25) is 0 Å². The third kappa shape index (κ3) is 3.39. The summed E-state index contributed by atoms with van der Waals surface area (Å²) in [6.45, 7) is 0.0859. The average molecular weight is 364 g/mol. The van der Waals surface area contributed by atoms with Crippen LogP contribution < -0.4 is 5.56 Å². The fourth-order valence-electron chi connectivity index (χ4n) is 2.76. The van der Waals surface area contributed by atoms with Gasteiger partial charge in [0.05, 0.1) is 17.9 Å². The number of hydrogen-bond donors (Lipinski definition) is 0. The second-order valence-corrected chi connectivity index (χ2v) is 5.90. The standard InChI is InChI=1S/C20H14F2N4O/c21-16-7-4-8-17(22)20(16)25-12-11-15(23-25)13-26-19(27)10-9-18(24-26)14-5-2-1-3-6-14/h1-12H,13H2. The predicted octanol–water partition coefficient (Wildman–Crippen LogP) is 3.42. The normalized spacial score (nSPS) is 10.9. The molecule has 0 saturated carbocycles. The lowest BCUT2D eigenvalue weighted by Crippen LogP contribution is -2.23. The highest BCUT2D eigenvalue weighted by atomic mass is 19.1. The minimum absolute atomic E-state index is 0.0859. The number of hydrogen-bond acceptors (Lipinski definition) is 3. The second-order valence-electron chi connectivity index (χ2n) is 5.90. The summed E-state index contributed by atoms with van der Waals surface area (Å²) in [4.78, 5) is 12.1. The van der Waals surface area contributed by atoms with Gasteiger partial charge in [-0.15, -0.1) is 0 Å². The van der Waals surface area contributed by atoms with Crippen LogP contribution in [0.5, 0.6) is 0 Å². The lowest BCUT2D eigenvalue weighted by Gasteiger charge is -2.06. The molecule has 2 heterocycles. The van der Waals surface area contributed by atoms with Gasteiger partial charge in [0.1, 0.15) is 5.69 Å². The summed E-state index contributed by atoms with van der Waals surface area (Å²) in [5.74, 6) is -1.43. The van der Waals surface area contributed by atoms with Crippen molar-refractivity contribution in [3.05, 3.63) is 101 Å². The van der Waals surface area contributed by atoms with E-state index in [0.717, 1.165) is 22.4 Å². The van der Waals surface area contributed by atoms with Gasteiger partial charge in [-0.05, 0) is 24.3 Å². The quantitative estimate of drug-likeness (QED) is 0.558. The average Bonchev–Trinajstić information content (AvgIpc) is 3.12. The molecule has 27 heavy (non-hydrogen) atoms. The fourth-order valence-corrected chi connectivity index (χ4v) is 2.76. The van der Waals surface area contributed by atoms with Gasteiger partial charge in [-0.2, -0.15) is 10.2 Å². The Bertz CT molecular complexity index is 1130. The van der Waals surface area contributed by atoms with Crippen LogP contribution in [0.4, 0.5) is 8.78 Å². The molecule has 2 aromatic carbocycles. The Morgan fingerprint density at radius 1 is 0.815 bits per heavy atom. The molecule has 0 spiro atoms. The first-order valence-electron chi connectivity index (χ1n) is 8.24. The molecule has 0 amide bonds. The van der Waals surface area contributed by atoms with Crippen molar-refractivity contribution in [3.63, 3.8) is 0 Å². The maximum Gasteiger partial charge on any atom is 0.267 e. The lowest BCUT2D eigenvalue weighted by atomic mass is 10.1. The highest BCUT2D eigenvalue weighted by Crippen LogP contribution is 2.17. The Labute approximate surface area is 153 Å². The molecule has 4 aromatic rings. The van der Waals surface area contributed by atoms with Crippen molar-refractivity contribution in [1.82, 2.24) is 19.6 Å². The molecule has 0 N–H and O–H groups in total. The third-order valence-corrected chi connectivity index (χ3v) is 4.06. The molecule has 0 saturated heterocycles. The summed E-state index contributed by atoms with van der Waals surface area (Å²) in [6.07, 6.45) is 1.45. The van der Waals surface area contributed by atoms with E-state index in [4.69, 9.17) is 0 Å². The zero-order valence-corrected chi connectivity index (χ0v) is 14.1. The summed E-state index contributed by atoms with van der Waals surface area (Å²) in [6, 6.07) is 17.8. The molecule has 0 radical (unpaired) electrons. The monoisotopic (exact) mass is 364 g/mol. The van der Waals surface area contributed by atoms with E-state index in [-0.39, 0.29) is 17.8 Å². The number of para-hydroxylation sites is 1. The molecule has 0 fully saturated rings. The minimum Gasteiger partial charge on any atom is -0.268 e. The Morgan fingerprint density at radius 2 is 1.56 bits per heavy atom. The van der Waals surface area contributed by atoms with E-state index in [1.165, 1.54) is 23.0 Å². The van der Waals surface area contributed by atoms with Crippen LogP contribution in [0, 0.1) is 11.6 Å². The summed E-state index contributed by atoms with van der Waals surface area (Å²) in [7, 11) is 0. The number of aromatic nitrogens is 4. The largest absolute Gasteiger partial charge is 0.268 e. The minimum atomic E-state index is -0.717. The van der Waals surface area contributed by atoms with Gasteiger partial charge in [0.25, 0.3) is 5.56 Å². The summed E-state index contributed by atoms with van der Waals surface area (Å²) >= 11 is 0. The van der Waals surface area contributed by atoms with E-state index in [2.05, 4.69) is 10.2 Å². The molecule has 0 atom stereocenters. The first-order valence-corrected chi connectivity index (χ1v) is 8.24. The van der Waals surface area contributed by atoms with Crippen molar-refractivity contribution in [2.24, 2.45) is 0 Å². The van der Waals surface area contributed by atoms with Crippen LogP contribution in [0.1, 0.15) is 5.69 Å². The first-order chi connectivity index (χ1) is 13.1. The highest BCUT2D eigenvalue weighted by Gasteiger charge is 2.13. The summed E-state index contributed by atoms with van der Waals surface area (Å²) < 4.78 is 30.2. The van der Waals surface area contributed by atoms with Crippen LogP contribution in [-0.4, -0.2) is 19.6 Å². The molecule has 0 aliphatic carbocycles. The first kappa shape index (κ1) is 16.8. The Morgan fingerprint density at radius 3 is 2.30 bits per heavy atom. The lowest BCUT2D eigenvalue weighted by molar-refractivity contribution is 0.556. The topological polar surface area (TPSA) is 52.7 Å². The van der Waals surface area contributed by atoms with Gasteiger partial charge in [-0.3, -0.25) is 4.79 Å². The molecular formula is C20H14F2N4O. The van der Waals surface area contributed by atoms with Gasteiger partial charge in [0.2, 0.25) is 0 Å². The van der Waals surface area contributed by atoms with Gasteiger partial charge in [-0.1, -0.05) is 36.4 Å². The number of nitrogens with zero attached hydrogens (tertiary/aromatic N) is 4. The van der Waals surface area contributed by atoms with Crippen LogP contribution in [0.3, 0.4) is 0 Å². The Balaban J connectivity index is 1.66. The van der Waals surface area contributed by atoms with E-state index in [1.54, 1.807) is 12.1 Å². The van der Waals surface area contributed by atoms with Gasteiger partial charge in [0.15, 0.2) is 11.6 Å². The van der Waals surface area contributed by atoms with Gasteiger partial charge in [-0.25, -0.2) is 18.1 Å². The molecule has 134 valence electrons. The van der Waals surface area contributed by atoms with E-state index in [0.29, 0.717) is 11.4 Å². The molecule has 0 unspecified atom stereocenters. The van der Waals surface area contributed by atoms with Crippen molar-refractivity contribution >= 4 is 0 Å². The summed E-state index contributed by atoms with van der Waals surface area (Å²) in [5.41, 5.74) is 1.43. The van der Waals surface area contributed by atoms with Gasteiger partial charge < -0.3 is 0 Å². The zero-order chi connectivity index (χ0) is 18.8. The van der Waals surface area contributed by atoms with E-state index in [1.807, 2.05) is 30.3 Å². The molecule has 2 aromatic heterocycles. The summed E-state index contributed by atoms with van der Waals surface area (Å²) in [5, 5.41) is 8.54. The van der Waals surface area contributed by atoms with Crippen LogP contribution >= 0.6 is 0 Å². The molecule has 0 aliphatic heterocycles. The molecule has 5 nitrogen and oxygen atoms in total. The van der Waals surface area contributed by atoms with Crippen LogP contribution in [0.15, 0.2) is 77.7 Å². The Kier molecular flexibility index (Phi) is 4.33. The van der Waals surface area contributed by atoms with E-state index >= 15 is 0 Å². The molecular weight excluding hydrogens is 350 g/mol. The zero-order valence-electron chi connectivity index (χ0n) is 14.1. The molecule has 4 rings (SSSR count). The van der Waals surface area contributed by atoms with E-state index in [9.17, 15) is 13.6 Å². The highest BCUT2D eigenvalue weighted by molar-refractivity contribution is 5.57. The van der Waals surface area contributed by atoms with Crippen molar-refractivity contribution < 1.29 is 8.78 Å². The number of halogens is 2. The molecule has 0 bridgehead atoms. The van der Waals surface area contributed by atoms with Crippen molar-refractivity contribution in [1.29, 1.82) is 0 Å². The maximum atomic E-state index is 13.9. The van der Waals surface area contributed by atoms with E-state index < -0.39 is 11.6 Å². The molecule has 0 aliphatic rings. The Hall–Kier alpha value is -3.61. The third-order valence-electron chi connectivity index (χ3n) is 4.06. The maximum absolute atomic E-state index is 13.9. The fraction of sp³-hybridized carbons (Fsp3) is 0.0500. The van der Waals surface area contributed by atoms with Crippen molar-refractivity contribution in [2.45, 2.75) is 6.54 Å². The van der Waals surface area contributed by atoms with Crippen molar-refractivity contribution in [2.75, 3.05) is 0 Å². The number of benzene rings is 2. The SMILES string of the molecule is O=c1ccc(-c2ccccc2)nn1Cc1ccn(-c2c(F)cccc2F)n1. The molecule has 7 heteroatoms. The van der Waals surface area contributed by atoms with Gasteiger partial charge in [0, 0.05) is 17.8 Å². The van der Waals surface area contributed by atoms with Crippen LogP contribution in [-0.2, 0) is 6.54 Å². The van der Waals surface area contributed by atoms with Crippen LogP contribution in [0.25, 0.3) is 16.9 Å². The second kappa shape index (κ2) is 6.95. The predicted molar refractivity (Wildman–Crippen MR) is 96.5 cm³/mol. The van der Waals surface area contributed by atoms with Crippen molar-refractivity contribution in [3.8, 4) is 16.9 Å². The number of rotatable bonds is 4.